The third kappa shape index (κ3) is 3.95. The quantitative estimate of drug-likeness (QED) is 0.756. The van der Waals surface area contributed by atoms with Crippen LogP contribution in [-0.4, -0.2) is 47.6 Å². The molecule has 4 nitrogen and oxygen atoms in total. The fourth-order valence-corrected chi connectivity index (χ4v) is 3.00. The number of carbonyl (C=O) groups excluding carboxylic acids is 1. The molecule has 0 aliphatic carbocycles. The van der Waals surface area contributed by atoms with Crippen LogP contribution in [0.1, 0.15) is 47.9 Å². The minimum Gasteiger partial charge on any atom is -0.377 e. The van der Waals surface area contributed by atoms with Crippen molar-refractivity contribution in [2.75, 3.05) is 26.2 Å². The first-order chi connectivity index (χ1) is 10.0. The molecule has 1 fully saturated rings. The number of piperidine rings is 1. The van der Waals surface area contributed by atoms with Gasteiger partial charge >= 0.3 is 0 Å². The predicted octanol–water partition coefficient (Wildman–Crippen LogP) is 2.72. The molecule has 0 spiro atoms. The zero-order valence-corrected chi connectivity index (χ0v) is 13.8. The molecule has 118 valence electrons. The Morgan fingerprint density at radius 3 is 2.81 bits per heavy atom. The molecule has 4 heteroatoms. The monoisotopic (exact) mass is 292 g/mol. The molecule has 0 bridgehead atoms. The van der Waals surface area contributed by atoms with Crippen molar-refractivity contribution in [3.8, 4) is 0 Å². The molecule has 1 atom stereocenters. The summed E-state index contributed by atoms with van der Waals surface area (Å²) in [6.45, 7) is 9.41. The van der Waals surface area contributed by atoms with Gasteiger partial charge in [0.05, 0.1) is 12.6 Å². The number of hydrogen-bond acceptors (Lipinski definition) is 3. The average Bonchev–Trinajstić information content (AvgIpc) is 2.73. The van der Waals surface area contributed by atoms with E-state index in [9.17, 15) is 4.79 Å². The fraction of sp³-hybridized carbons (Fsp3) is 0.706. The Labute approximate surface area is 128 Å². The molecular weight excluding hydrogens is 264 g/mol. The molecule has 1 aromatic rings. The molecule has 21 heavy (non-hydrogen) atoms. The molecule has 0 saturated carbocycles. The van der Waals surface area contributed by atoms with Crippen molar-refractivity contribution in [3.63, 3.8) is 0 Å². The normalized spacial score (nSPS) is 19.9. The van der Waals surface area contributed by atoms with E-state index < -0.39 is 0 Å². The first-order valence-electron chi connectivity index (χ1n) is 8.03. The van der Waals surface area contributed by atoms with Crippen LogP contribution in [0, 0.1) is 13.8 Å². The van der Waals surface area contributed by atoms with E-state index >= 15 is 0 Å². The van der Waals surface area contributed by atoms with Gasteiger partial charge in [-0.3, -0.25) is 9.69 Å². The van der Waals surface area contributed by atoms with Crippen molar-refractivity contribution in [2.45, 2.75) is 46.1 Å². The summed E-state index contributed by atoms with van der Waals surface area (Å²) in [6.07, 6.45) is 3.59. The first kappa shape index (κ1) is 16.2. The third-order valence-corrected chi connectivity index (χ3v) is 4.46. The number of nitrogens with zero attached hydrogens (tertiary/aromatic N) is 2. The molecule has 0 radical (unpaired) electrons. The molecule has 0 aromatic carbocycles. The van der Waals surface area contributed by atoms with Crippen LogP contribution in [0.3, 0.4) is 0 Å². The van der Waals surface area contributed by atoms with Gasteiger partial charge in [0.15, 0.2) is 5.78 Å². The molecule has 1 saturated heterocycles. The van der Waals surface area contributed by atoms with Gasteiger partial charge < -0.3 is 9.30 Å². The summed E-state index contributed by atoms with van der Waals surface area (Å²) in [4.78, 5) is 14.8. The van der Waals surface area contributed by atoms with E-state index in [1.165, 1.54) is 0 Å². The van der Waals surface area contributed by atoms with Gasteiger partial charge in [0.25, 0.3) is 0 Å². The number of likely N-dealkylation sites (tertiary alicyclic amines) is 1. The van der Waals surface area contributed by atoms with Crippen LogP contribution in [-0.2, 0) is 11.8 Å². The standard InChI is InChI=1S/C17H28N2O2/c1-5-9-21-15-7-6-8-19(11-15)12-17(20)16-10-13(2)18(4)14(16)3/h10,15H,5-9,11-12H2,1-4H3. The number of ketones is 1. The summed E-state index contributed by atoms with van der Waals surface area (Å²) in [5.74, 6) is 0.229. The SMILES string of the molecule is CCCOC1CCCN(CC(=O)c2cc(C)n(C)c2C)C1. The molecular formula is C17H28N2O2. The number of rotatable bonds is 6. The first-order valence-corrected chi connectivity index (χ1v) is 8.03. The number of carbonyl (C=O) groups is 1. The fourth-order valence-electron chi connectivity index (χ4n) is 3.00. The summed E-state index contributed by atoms with van der Waals surface area (Å²) < 4.78 is 7.92. The number of aryl methyl sites for hydroxylation is 1. The molecule has 0 amide bonds. The van der Waals surface area contributed by atoms with Crippen LogP contribution in [0.15, 0.2) is 6.07 Å². The average molecular weight is 292 g/mol. The summed E-state index contributed by atoms with van der Waals surface area (Å²) in [5, 5.41) is 0. The number of ether oxygens (including phenoxy) is 1. The topological polar surface area (TPSA) is 34.5 Å². The van der Waals surface area contributed by atoms with Crippen molar-refractivity contribution in [2.24, 2.45) is 7.05 Å². The summed E-state index contributed by atoms with van der Waals surface area (Å²) >= 11 is 0. The Balaban J connectivity index is 1.94. The van der Waals surface area contributed by atoms with Gasteiger partial charge in [0.2, 0.25) is 0 Å². The Kier molecular flexibility index (Phi) is 5.59. The zero-order valence-electron chi connectivity index (χ0n) is 13.8. The second-order valence-corrected chi connectivity index (χ2v) is 6.14. The van der Waals surface area contributed by atoms with Gasteiger partial charge in [0, 0.05) is 37.2 Å². The highest BCUT2D eigenvalue weighted by Gasteiger charge is 2.23. The number of Topliss-reactive ketones (excluding diaryl/α,β-unsaturated/α-hetero) is 1. The van der Waals surface area contributed by atoms with E-state index in [0.717, 1.165) is 55.9 Å². The van der Waals surface area contributed by atoms with Gasteiger partial charge in [-0.05, 0) is 45.7 Å². The zero-order chi connectivity index (χ0) is 15.4. The van der Waals surface area contributed by atoms with Crippen molar-refractivity contribution in [3.05, 3.63) is 23.0 Å². The number of hydrogen-bond donors (Lipinski definition) is 0. The third-order valence-electron chi connectivity index (χ3n) is 4.46. The maximum absolute atomic E-state index is 12.5. The summed E-state index contributed by atoms with van der Waals surface area (Å²) in [5.41, 5.74) is 3.07. The Morgan fingerprint density at radius 2 is 2.19 bits per heavy atom. The van der Waals surface area contributed by atoms with Crippen molar-refractivity contribution in [1.29, 1.82) is 0 Å². The smallest absolute Gasteiger partial charge is 0.178 e. The van der Waals surface area contributed by atoms with Crippen LogP contribution in [0.25, 0.3) is 0 Å². The van der Waals surface area contributed by atoms with E-state index in [1.807, 2.05) is 27.0 Å². The molecule has 1 aromatic heterocycles. The molecule has 0 N–H and O–H groups in total. The predicted molar refractivity (Wildman–Crippen MR) is 84.9 cm³/mol. The summed E-state index contributed by atoms with van der Waals surface area (Å²) in [7, 11) is 2.01. The lowest BCUT2D eigenvalue weighted by Crippen LogP contribution is -2.42. The highest BCUT2D eigenvalue weighted by molar-refractivity contribution is 5.99. The molecule has 1 unspecified atom stereocenters. The minimum atomic E-state index is 0.229. The van der Waals surface area contributed by atoms with Gasteiger partial charge in [-0.15, -0.1) is 0 Å². The van der Waals surface area contributed by atoms with Gasteiger partial charge in [-0.2, -0.15) is 0 Å². The maximum Gasteiger partial charge on any atom is 0.178 e. The van der Waals surface area contributed by atoms with Crippen LogP contribution < -0.4 is 0 Å². The minimum absolute atomic E-state index is 0.229. The Hall–Kier alpha value is -1.13. The van der Waals surface area contributed by atoms with Gasteiger partial charge in [0.1, 0.15) is 0 Å². The lowest BCUT2D eigenvalue weighted by atomic mass is 10.1. The summed E-state index contributed by atoms with van der Waals surface area (Å²) in [6, 6.07) is 2.01. The Bertz CT molecular complexity index is 493. The van der Waals surface area contributed by atoms with Gasteiger partial charge in [-0.1, -0.05) is 6.92 Å². The Morgan fingerprint density at radius 1 is 1.43 bits per heavy atom. The van der Waals surface area contributed by atoms with Crippen LogP contribution in [0.2, 0.25) is 0 Å². The lowest BCUT2D eigenvalue weighted by molar-refractivity contribution is 0.00130. The van der Waals surface area contributed by atoms with Crippen molar-refractivity contribution >= 4 is 5.78 Å². The van der Waals surface area contributed by atoms with Crippen molar-refractivity contribution < 1.29 is 9.53 Å². The molecule has 1 aliphatic heterocycles. The molecule has 2 rings (SSSR count). The van der Waals surface area contributed by atoms with Gasteiger partial charge in [-0.25, -0.2) is 0 Å². The van der Waals surface area contributed by atoms with E-state index in [0.29, 0.717) is 12.6 Å². The van der Waals surface area contributed by atoms with Crippen LogP contribution in [0.4, 0.5) is 0 Å². The van der Waals surface area contributed by atoms with E-state index in [1.54, 1.807) is 0 Å². The van der Waals surface area contributed by atoms with E-state index in [-0.39, 0.29) is 5.78 Å². The van der Waals surface area contributed by atoms with Crippen LogP contribution >= 0.6 is 0 Å². The largest absolute Gasteiger partial charge is 0.377 e. The van der Waals surface area contributed by atoms with E-state index in [2.05, 4.69) is 16.4 Å². The van der Waals surface area contributed by atoms with E-state index in [4.69, 9.17) is 4.74 Å². The number of aromatic nitrogens is 1. The van der Waals surface area contributed by atoms with Crippen molar-refractivity contribution in [1.82, 2.24) is 9.47 Å². The molecule has 1 aliphatic rings. The second-order valence-electron chi connectivity index (χ2n) is 6.14. The second kappa shape index (κ2) is 7.23. The highest BCUT2D eigenvalue weighted by Crippen LogP contribution is 2.17. The highest BCUT2D eigenvalue weighted by atomic mass is 16.5. The molecule has 2 heterocycles. The maximum atomic E-state index is 12.5. The van der Waals surface area contributed by atoms with Crippen LogP contribution in [0.5, 0.6) is 0 Å². The lowest BCUT2D eigenvalue weighted by Gasteiger charge is -2.32.